The highest BCUT2D eigenvalue weighted by molar-refractivity contribution is 5.79. The topological polar surface area (TPSA) is 42.9 Å². The van der Waals surface area contributed by atoms with Gasteiger partial charge >= 0.3 is 0 Å². The summed E-state index contributed by atoms with van der Waals surface area (Å²) >= 11 is 0. The van der Waals surface area contributed by atoms with Crippen molar-refractivity contribution >= 4 is 5.96 Å². The van der Waals surface area contributed by atoms with Crippen molar-refractivity contribution in [2.24, 2.45) is 10.9 Å². The third-order valence-electron chi connectivity index (χ3n) is 5.44. The van der Waals surface area contributed by atoms with Crippen molar-refractivity contribution in [3.05, 3.63) is 0 Å². The lowest BCUT2D eigenvalue weighted by Gasteiger charge is -2.31. The van der Waals surface area contributed by atoms with Crippen LogP contribution in [0.3, 0.4) is 0 Å². The number of rotatable bonds is 10. The maximum absolute atomic E-state index is 4.36. The summed E-state index contributed by atoms with van der Waals surface area (Å²) in [6.45, 7) is 18.3. The van der Waals surface area contributed by atoms with Gasteiger partial charge in [0.1, 0.15) is 0 Å². The summed E-state index contributed by atoms with van der Waals surface area (Å²) in [5.41, 5.74) is 0. The van der Waals surface area contributed by atoms with Crippen molar-refractivity contribution in [3.8, 4) is 0 Å². The summed E-state index contributed by atoms with van der Waals surface area (Å²) in [4.78, 5) is 9.46. The van der Waals surface area contributed by atoms with E-state index in [1.54, 1.807) is 0 Å². The number of hydrogen-bond donors (Lipinski definition) is 2. The molecular weight excluding hydrogens is 310 g/mol. The number of hydrogen-bond acceptors (Lipinski definition) is 3. The van der Waals surface area contributed by atoms with Crippen LogP contribution in [0.1, 0.15) is 60.3 Å². The summed E-state index contributed by atoms with van der Waals surface area (Å²) in [5.74, 6) is 1.82. The van der Waals surface area contributed by atoms with Crippen LogP contribution < -0.4 is 10.6 Å². The standard InChI is InChI=1S/C20H43N5/c1-7-24-15-10-19(11-16-24)9-13-23-20(21-6)22-12-8-14-25(17(2)3)18(4)5/h17-19H,7-16H2,1-6H3,(H2,21,22,23). The molecule has 0 aromatic rings. The third-order valence-corrected chi connectivity index (χ3v) is 5.44. The van der Waals surface area contributed by atoms with Gasteiger partial charge in [0.05, 0.1) is 0 Å². The van der Waals surface area contributed by atoms with Gasteiger partial charge in [-0.3, -0.25) is 9.89 Å². The van der Waals surface area contributed by atoms with Gasteiger partial charge in [-0.05, 0) is 78.9 Å². The molecule has 148 valence electrons. The molecule has 0 atom stereocenters. The van der Waals surface area contributed by atoms with Gasteiger partial charge in [-0.15, -0.1) is 0 Å². The highest BCUT2D eigenvalue weighted by atomic mass is 15.2. The zero-order chi connectivity index (χ0) is 18.7. The first kappa shape index (κ1) is 22.2. The molecule has 0 spiro atoms. The Morgan fingerprint density at radius 1 is 1.08 bits per heavy atom. The Morgan fingerprint density at radius 3 is 2.20 bits per heavy atom. The Balaban J connectivity index is 2.14. The number of nitrogens with zero attached hydrogens (tertiary/aromatic N) is 3. The van der Waals surface area contributed by atoms with Crippen LogP contribution >= 0.6 is 0 Å². The van der Waals surface area contributed by atoms with E-state index in [1.165, 1.54) is 38.9 Å². The van der Waals surface area contributed by atoms with Gasteiger partial charge in [-0.2, -0.15) is 0 Å². The molecule has 0 bridgehead atoms. The monoisotopic (exact) mass is 353 g/mol. The van der Waals surface area contributed by atoms with E-state index in [0.717, 1.165) is 37.9 Å². The lowest BCUT2D eigenvalue weighted by molar-refractivity contribution is 0.173. The quantitative estimate of drug-likeness (QED) is 0.360. The van der Waals surface area contributed by atoms with Gasteiger partial charge in [0.15, 0.2) is 5.96 Å². The van der Waals surface area contributed by atoms with E-state index in [2.05, 4.69) is 60.0 Å². The Labute approximate surface area is 156 Å². The summed E-state index contributed by atoms with van der Waals surface area (Å²) in [6, 6.07) is 1.22. The van der Waals surface area contributed by atoms with Crippen molar-refractivity contribution in [1.82, 2.24) is 20.4 Å². The van der Waals surface area contributed by atoms with E-state index in [9.17, 15) is 0 Å². The molecule has 1 heterocycles. The first-order valence-electron chi connectivity index (χ1n) is 10.4. The number of likely N-dealkylation sites (tertiary alicyclic amines) is 1. The second-order valence-corrected chi connectivity index (χ2v) is 7.87. The molecule has 1 aliphatic heterocycles. The summed E-state index contributed by atoms with van der Waals surface area (Å²) < 4.78 is 0. The van der Waals surface area contributed by atoms with Crippen molar-refractivity contribution in [3.63, 3.8) is 0 Å². The molecule has 0 aliphatic carbocycles. The second-order valence-electron chi connectivity index (χ2n) is 7.87. The molecule has 1 saturated heterocycles. The Bertz CT molecular complexity index is 351. The van der Waals surface area contributed by atoms with Gasteiger partial charge < -0.3 is 15.5 Å². The number of nitrogens with one attached hydrogen (secondary N) is 2. The molecule has 0 aromatic carbocycles. The molecule has 0 saturated carbocycles. The maximum Gasteiger partial charge on any atom is 0.190 e. The molecule has 0 aromatic heterocycles. The molecule has 1 aliphatic rings. The average molecular weight is 354 g/mol. The maximum atomic E-state index is 4.36. The molecule has 2 N–H and O–H groups in total. The Hall–Kier alpha value is -0.810. The molecule has 1 rings (SSSR count). The fourth-order valence-corrected chi connectivity index (χ4v) is 3.79. The van der Waals surface area contributed by atoms with Crippen molar-refractivity contribution in [2.75, 3.05) is 46.3 Å². The van der Waals surface area contributed by atoms with E-state index in [4.69, 9.17) is 0 Å². The van der Waals surface area contributed by atoms with E-state index < -0.39 is 0 Å². The van der Waals surface area contributed by atoms with Crippen LogP contribution in [-0.2, 0) is 0 Å². The minimum Gasteiger partial charge on any atom is -0.356 e. The van der Waals surface area contributed by atoms with Crippen molar-refractivity contribution in [2.45, 2.75) is 72.4 Å². The molecule has 0 unspecified atom stereocenters. The molecule has 0 radical (unpaired) electrons. The van der Waals surface area contributed by atoms with Crippen molar-refractivity contribution in [1.29, 1.82) is 0 Å². The zero-order valence-electron chi connectivity index (χ0n) is 17.6. The highest BCUT2D eigenvalue weighted by Gasteiger charge is 2.17. The van der Waals surface area contributed by atoms with Crippen LogP contribution in [0.15, 0.2) is 4.99 Å². The highest BCUT2D eigenvalue weighted by Crippen LogP contribution is 2.19. The lowest BCUT2D eigenvalue weighted by atomic mass is 9.93. The minimum atomic E-state index is 0.608. The SMILES string of the molecule is CCN1CCC(CCNC(=NC)NCCCN(C(C)C)C(C)C)CC1. The summed E-state index contributed by atoms with van der Waals surface area (Å²) in [6.07, 6.45) is 5.10. The van der Waals surface area contributed by atoms with E-state index in [1.807, 2.05) is 7.05 Å². The van der Waals surface area contributed by atoms with Crippen molar-refractivity contribution < 1.29 is 0 Å². The van der Waals surface area contributed by atoms with Gasteiger partial charge in [0, 0.05) is 38.8 Å². The van der Waals surface area contributed by atoms with E-state index >= 15 is 0 Å². The molecule has 1 fully saturated rings. The predicted molar refractivity (Wildman–Crippen MR) is 110 cm³/mol. The van der Waals surface area contributed by atoms with Gasteiger partial charge in [0.2, 0.25) is 0 Å². The zero-order valence-corrected chi connectivity index (χ0v) is 17.6. The number of piperidine rings is 1. The molecular formula is C20H43N5. The largest absolute Gasteiger partial charge is 0.356 e. The third kappa shape index (κ3) is 8.91. The van der Waals surface area contributed by atoms with Crippen LogP contribution in [0.25, 0.3) is 0 Å². The fraction of sp³-hybridized carbons (Fsp3) is 0.950. The van der Waals surface area contributed by atoms with E-state index in [0.29, 0.717) is 12.1 Å². The summed E-state index contributed by atoms with van der Waals surface area (Å²) in [5, 5.41) is 6.95. The van der Waals surface area contributed by atoms with Gasteiger partial charge in [-0.25, -0.2) is 0 Å². The molecule has 25 heavy (non-hydrogen) atoms. The average Bonchev–Trinajstić information content (AvgIpc) is 2.59. The summed E-state index contributed by atoms with van der Waals surface area (Å²) in [7, 11) is 1.86. The van der Waals surface area contributed by atoms with Crippen LogP contribution in [-0.4, -0.2) is 74.2 Å². The molecule has 5 nitrogen and oxygen atoms in total. The Morgan fingerprint density at radius 2 is 1.68 bits per heavy atom. The van der Waals surface area contributed by atoms with Gasteiger partial charge in [-0.1, -0.05) is 6.92 Å². The smallest absolute Gasteiger partial charge is 0.190 e. The first-order valence-corrected chi connectivity index (χ1v) is 10.4. The van der Waals surface area contributed by atoms with Gasteiger partial charge in [0.25, 0.3) is 0 Å². The van der Waals surface area contributed by atoms with Crippen LogP contribution in [0, 0.1) is 5.92 Å². The minimum absolute atomic E-state index is 0.608. The second kappa shape index (κ2) is 12.5. The molecule has 0 amide bonds. The number of aliphatic imine (C=N–C) groups is 1. The van der Waals surface area contributed by atoms with Crippen LogP contribution in [0.4, 0.5) is 0 Å². The van der Waals surface area contributed by atoms with Crippen LogP contribution in [0.5, 0.6) is 0 Å². The predicted octanol–water partition coefficient (Wildman–Crippen LogP) is 2.78. The lowest BCUT2D eigenvalue weighted by Crippen LogP contribution is -2.42. The first-order chi connectivity index (χ1) is 12.0. The van der Waals surface area contributed by atoms with E-state index in [-0.39, 0.29) is 0 Å². The molecule has 5 heteroatoms. The van der Waals surface area contributed by atoms with Crippen LogP contribution in [0.2, 0.25) is 0 Å². The Kier molecular flexibility index (Phi) is 11.1. The number of guanidine groups is 1. The fourth-order valence-electron chi connectivity index (χ4n) is 3.79. The normalized spacial score (nSPS) is 17.7.